The fourth-order valence-electron chi connectivity index (χ4n) is 3.24. The van der Waals surface area contributed by atoms with E-state index in [1.807, 2.05) is 43.3 Å². The van der Waals surface area contributed by atoms with Gasteiger partial charge >= 0.3 is 0 Å². The van der Waals surface area contributed by atoms with Crippen LogP contribution in [0.15, 0.2) is 65.1 Å². The largest absolute Gasteiger partial charge is 0.451 e. The van der Waals surface area contributed by atoms with Gasteiger partial charge in [-0.2, -0.15) is 9.61 Å². The van der Waals surface area contributed by atoms with Crippen LogP contribution in [-0.4, -0.2) is 30.8 Å². The smallest absolute Gasteiger partial charge is 0.293 e. The molecule has 170 valence electrons. The summed E-state index contributed by atoms with van der Waals surface area (Å²) in [5.74, 6) is 1.03. The summed E-state index contributed by atoms with van der Waals surface area (Å²) in [5, 5.41) is 20.0. The molecule has 11 heteroatoms. The highest BCUT2D eigenvalue weighted by Gasteiger charge is 2.14. The zero-order valence-corrected chi connectivity index (χ0v) is 20.2. The highest BCUT2D eigenvalue weighted by Crippen LogP contribution is 2.26. The van der Waals surface area contributed by atoms with Gasteiger partial charge in [-0.1, -0.05) is 59.3 Å². The van der Waals surface area contributed by atoms with Crippen LogP contribution in [0, 0.1) is 6.92 Å². The summed E-state index contributed by atoms with van der Waals surface area (Å²) < 4.78 is 7.39. The van der Waals surface area contributed by atoms with E-state index in [1.165, 1.54) is 11.3 Å². The fraction of sp³-hybridized carbons (Fsp3) is 0.0870. The first-order chi connectivity index (χ1) is 16.5. The van der Waals surface area contributed by atoms with Gasteiger partial charge in [0.1, 0.15) is 10.8 Å². The van der Waals surface area contributed by atoms with Crippen LogP contribution in [0.2, 0.25) is 5.02 Å². The van der Waals surface area contributed by atoms with E-state index in [4.69, 9.17) is 28.2 Å². The molecule has 0 radical (unpaired) electrons. The van der Waals surface area contributed by atoms with Gasteiger partial charge in [-0.05, 0) is 49.0 Å². The Hall–Kier alpha value is -3.60. The number of nitrogens with one attached hydrogen (secondary N) is 2. The Kier molecular flexibility index (Phi) is 6.10. The molecule has 2 N–H and O–H groups in total. The second-order valence-corrected chi connectivity index (χ2v) is 9.16. The van der Waals surface area contributed by atoms with Crippen molar-refractivity contribution in [3.8, 4) is 21.9 Å². The molecule has 0 saturated carbocycles. The number of aromatic nitrogens is 4. The zero-order valence-electron chi connectivity index (χ0n) is 17.8. The van der Waals surface area contributed by atoms with Crippen molar-refractivity contribution < 1.29 is 9.21 Å². The maximum Gasteiger partial charge on any atom is 0.293 e. The van der Waals surface area contributed by atoms with Crippen molar-refractivity contribution >= 4 is 51.1 Å². The number of carbonyl (C=O) groups excluding carboxylic acids is 1. The SMILES string of the molecule is Cc1nnc2sc(-c3ccc(CNC(=S)NC(=O)c4ccc(-c5cccc(Cl)c5)o4)cc3)nn12. The third-order valence-electron chi connectivity index (χ3n) is 4.97. The van der Waals surface area contributed by atoms with E-state index in [9.17, 15) is 4.79 Å². The van der Waals surface area contributed by atoms with Crippen molar-refractivity contribution in [2.24, 2.45) is 0 Å². The first-order valence-electron chi connectivity index (χ1n) is 10.2. The minimum absolute atomic E-state index is 0.156. The number of fused-ring (bicyclic) bond motifs is 1. The van der Waals surface area contributed by atoms with Crippen molar-refractivity contribution in [1.82, 2.24) is 30.4 Å². The summed E-state index contributed by atoms with van der Waals surface area (Å²) in [5.41, 5.74) is 2.78. The molecule has 0 unspecified atom stereocenters. The number of aryl methyl sites for hydroxylation is 1. The molecular weight excluding hydrogens is 492 g/mol. The highest BCUT2D eigenvalue weighted by atomic mass is 35.5. The van der Waals surface area contributed by atoms with Gasteiger partial charge < -0.3 is 9.73 Å². The minimum Gasteiger partial charge on any atom is -0.451 e. The topological polar surface area (TPSA) is 97.3 Å². The Labute approximate surface area is 208 Å². The Morgan fingerprint density at radius 1 is 1.12 bits per heavy atom. The van der Waals surface area contributed by atoms with Crippen LogP contribution in [0.25, 0.3) is 26.9 Å². The number of hydrogen-bond acceptors (Lipinski definition) is 7. The molecule has 2 aromatic carbocycles. The Morgan fingerprint density at radius 3 is 2.71 bits per heavy atom. The van der Waals surface area contributed by atoms with E-state index in [2.05, 4.69) is 25.9 Å². The summed E-state index contributed by atoms with van der Waals surface area (Å²) in [6, 6.07) is 18.5. The van der Waals surface area contributed by atoms with Gasteiger partial charge in [0.2, 0.25) is 4.96 Å². The van der Waals surface area contributed by atoms with Crippen LogP contribution < -0.4 is 10.6 Å². The summed E-state index contributed by atoms with van der Waals surface area (Å²) in [6.45, 7) is 2.32. The van der Waals surface area contributed by atoms with E-state index in [0.29, 0.717) is 17.3 Å². The lowest BCUT2D eigenvalue weighted by Gasteiger charge is -2.09. The number of furan rings is 1. The summed E-state index contributed by atoms with van der Waals surface area (Å²) in [6.07, 6.45) is 0. The normalized spacial score (nSPS) is 11.0. The average molecular weight is 509 g/mol. The predicted molar refractivity (Wildman–Crippen MR) is 135 cm³/mol. The van der Waals surface area contributed by atoms with Crippen molar-refractivity contribution in [3.05, 3.63) is 82.8 Å². The quantitative estimate of drug-likeness (QED) is 0.326. The maximum atomic E-state index is 12.5. The molecule has 0 aliphatic carbocycles. The maximum absolute atomic E-state index is 12.5. The molecule has 0 aliphatic rings. The standard InChI is InChI=1S/C23H17ClN6O2S2/c1-13-27-28-23-30(13)29-21(34-23)15-7-5-14(6-8-15)12-25-22(33)26-20(31)19-10-9-18(32-19)16-3-2-4-17(24)11-16/h2-11H,12H2,1H3,(H2,25,26,31,33). The Bertz CT molecular complexity index is 1510. The molecule has 0 aliphatic heterocycles. The number of rotatable bonds is 5. The highest BCUT2D eigenvalue weighted by molar-refractivity contribution is 7.80. The van der Waals surface area contributed by atoms with Gasteiger partial charge in [0.15, 0.2) is 16.7 Å². The lowest BCUT2D eigenvalue weighted by atomic mass is 10.1. The lowest BCUT2D eigenvalue weighted by molar-refractivity contribution is 0.0950. The van der Waals surface area contributed by atoms with E-state index in [1.54, 1.807) is 28.8 Å². The molecule has 0 spiro atoms. The summed E-state index contributed by atoms with van der Waals surface area (Å²) in [7, 11) is 0. The molecule has 0 atom stereocenters. The van der Waals surface area contributed by atoms with Crippen molar-refractivity contribution in [2.75, 3.05) is 0 Å². The van der Waals surface area contributed by atoms with Crippen LogP contribution in [0.5, 0.6) is 0 Å². The minimum atomic E-state index is -0.431. The second kappa shape index (κ2) is 9.34. The van der Waals surface area contributed by atoms with Gasteiger partial charge in [-0.25, -0.2) is 0 Å². The van der Waals surface area contributed by atoms with Crippen LogP contribution in [-0.2, 0) is 6.54 Å². The molecule has 3 heterocycles. The molecule has 0 saturated heterocycles. The number of carbonyl (C=O) groups is 1. The number of benzene rings is 2. The van der Waals surface area contributed by atoms with Gasteiger partial charge in [-0.3, -0.25) is 10.1 Å². The monoisotopic (exact) mass is 508 g/mol. The third-order valence-corrected chi connectivity index (χ3v) is 6.40. The summed E-state index contributed by atoms with van der Waals surface area (Å²) >= 11 is 12.8. The summed E-state index contributed by atoms with van der Waals surface area (Å²) in [4.78, 5) is 13.2. The van der Waals surface area contributed by atoms with Crippen molar-refractivity contribution in [3.63, 3.8) is 0 Å². The van der Waals surface area contributed by atoms with Gasteiger partial charge in [0.05, 0.1) is 0 Å². The molecular formula is C23H17ClN6O2S2. The average Bonchev–Trinajstić information content (AvgIpc) is 3.56. The molecule has 0 bridgehead atoms. The fourth-order valence-corrected chi connectivity index (χ4v) is 4.49. The second-order valence-electron chi connectivity index (χ2n) is 7.36. The van der Waals surface area contributed by atoms with E-state index in [0.717, 1.165) is 32.5 Å². The van der Waals surface area contributed by atoms with Crippen LogP contribution in [0.4, 0.5) is 0 Å². The first-order valence-corrected chi connectivity index (χ1v) is 11.8. The molecule has 3 aromatic heterocycles. The Morgan fingerprint density at radius 2 is 1.94 bits per heavy atom. The van der Waals surface area contributed by atoms with Crippen molar-refractivity contribution in [1.29, 1.82) is 0 Å². The lowest BCUT2D eigenvalue weighted by Crippen LogP contribution is -2.38. The zero-order chi connectivity index (χ0) is 23.7. The molecule has 8 nitrogen and oxygen atoms in total. The van der Waals surface area contributed by atoms with Gasteiger partial charge in [-0.15, -0.1) is 10.2 Å². The van der Waals surface area contributed by atoms with Crippen LogP contribution in [0.3, 0.4) is 0 Å². The van der Waals surface area contributed by atoms with E-state index < -0.39 is 5.91 Å². The van der Waals surface area contributed by atoms with Crippen LogP contribution >= 0.6 is 35.2 Å². The first kappa shape index (κ1) is 22.2. The van der Waals surface area contributed by atoms with Gasteiger partial charge in [0, 0.05) is 22.7 Å². The Balaban J connectivity index is 1.16. The van der Waals surface area contributed by atoms with E-state index >= 15 is 0 Å². The number of halogens is 1. The third kappa shape index (κ3) is 4.69. The number of nitrogens with zero attached hydrogens (tertiary/aromatic N) is 4. The molecule has 34 heavy (non-hydrogen) atoms. The van der Waals surface area contributed by atoms with Crippen molar-refractivity contribution in [2.45, 2.75) is 13.5 Å². The van der Waals surface area contributed by atoms with Crippen LogP contribution in [0.1, 0.15) is 21.9 Å². The molecule has 1 amide bonds. The number of amides is 1. The molecule has 5 aromatic rings. The number of hydrogen-bond donors (Lipinski definition) is 2. The molecule has 0 fully saturated rings. The number of thiocarbonyl (C=S) groups is 1. The van der Waals surface area contributed by atoms with Gasteiger partial charge in [0.25, 0.3) is 5.91 Å². The molecule has 5 rings (SSSR count). The van der Waals surface area contributed by atoms with E-state index in [-0.39, 0.29) is 10.9 Å². The predicted octanol–water partition coefficient (Wildman–Crippen LogP) is 4.88.